The highest BCUT2D eigenvalue weighted by Crippen LogP contribution is 2.60. The van der Waals surface area contributed by atoms with Crippen LogP contribution >= 0.6 is 0 Å². The van der Waals surface area contributed by atoms with Crippen LogP contribution in [-0.4, -0.2) is 11.1 Å². The number of rotatable bonds is 3. The molecule has 0 aromatic carbocycles. The molecule has 0 saturated heterocycles. The van der Waals surface area contributed by atoms with Gasteiger partial charge in [0.1, 0.15) is 0 Å². The lowest BCUT2D eigenvalue weighted by Gasteiger charge is -2.41. The molecule has 19 heavy (non-hydrogen) atoms. The first-order chi connectivity index (χ1) is 8.65. The zero-order chi connectivity index (χ0) is 14.5. The molecule has 0 aromatic heterocycles. The first-order valence-electron chi connectivity index (χ1n) is 7.61. The largest absolute Gasteiger partial charge is 0.481 e. The van der Waals surface area contributed by atoms with Gasteiger partial charge < -0.3 is 5.11 Å². The molecule has 0 saturated carbocycles. The molecule has 0 heterocycles. The molecule has 2 rings (SSSR count). The van der Waals surface area contributed by atoms with Gasteiger partial charge in [0, 0.05) is 0 Å². The van der Waals surface area contributed by atoms with Crippen molar-refractivity contribution in [2.24, 2.45) is 16.2 Å². The maximum Gasteiger partial charge on any atom is 0.310 e. The van der Waals surface area contributed by atoms with Crippen molar-refractivity contribution in [1.82, 2.24) is 0 Å². The van der Waals surface area contributed by atoms with Crippen LogP contribution in [0.2, 0.25) is 0 Å². The van der Waals surface area contributed by atoms with E-state index in [9.17, 15) is 9.90 Å². The fraction of sp³-hybridized carbons (Fsp3) is 0.824. The van der Waals surface area contributed by atoms with E-state index in [4.69, 9.17) is 0 Å². The van der Waals surface area contributed by atoms with Gasteiger partial charge in [0.2, 0.25) is 0 Å². The minimum Gasteiger partial charge on any atom is -0.481 e. The van der Waals surface area contributed by atoms with Crippen molar-refractivity contribution in [2.75, 3.05) is 0 Å². The van der Waals surface area contributed by atoms with Gasteiger partial charge in [-0.2, -0.15) is 0 Å². The van der Waals surface area contributed by atoms with Gasteiger partial charge in [0.25, 0.3) is 0 Å². The molecular formula is C17H28O2. The van der Waals surface area contributed by atoms with Crippen LogP contribution in [0.4, 0.5) is 0 Å². The Kier molecular flexibility index (Phi) is 3.35. The highest BCUT2D eigenvalue weighted by molar-refractivity contribution is 5.77. The quantitative estimate of drug-likeness (QED) is 0.744. The second-order valence-corrected chi connectivity index (χ2v) is 7.91. The first-order valence-corrected chi connectivity index (χ1v) is 7.61. The number of hydrogen-bond acceptors (Lipinski definition) is 1. The molecule has 2 heteroatoms. The monoisotopic (exact) mass is 264 g/mol. The second-order valence-electron chi connectivity index (χ2n) is 7.91. The summed E-state index contributed by atoms with van der Waals surface area (Å²) in [5, 5.41) is 9.76. The Bertz CT molecular complexity index is 399. The lowest BCUT2D eigenvalue weighted by Crippen LogP contribution is -2.29. The molecule has 0 amide bonds. The molecule has 0 atom stereocenters. The van der Waals surface area contributed by atoms with Crippen LogP contribution in [0, 0.1) is 16.2 Å². The Hall–Kier alpha value is -0.790. The van der Waals surface area contributed by atoms with Crippen LogP contribution in [0.5, 0.6) is 0 Å². The molecule has 0 fully saturated rings. The standard InChI is InChI=1S/C17H28O2/c1-6-7-17(14(18)19)10-12-13(11-17)16(4,5)9-8-15(12,2)3/h6-11H2,1-5H3,(H,18,19). The Morgan fingerprint density at radius 1 is 1.05 bits per heavy atom. The Morgan fingerprint density at radius 2 is 1.47 bits per heavy atom. The smallest absolute Gasteiger partial charge is 0.310 e. The zero-order valence-corrected chi connectivity index (χ0v) is 13.1. The molecule has 108 valence electrons. The molecule has 2 aliphatic rings. The fourth-order valence-electron chi connectivity index (χ4n) is 4.09. The highest BCUT2D eigenvalue weighted by Gasteiger charge is 2.52. The van der Waals surface area contributed by atoms with Crippen LogP contribution in [0.15, 0.2) is 11.1 Å². The molecule has 2 aliphatic carbocycles. The van der Waals surface area contributed by atoms with E-state index in [1.54, 1.807) is 0 Å². The lowest BCUT2D eigenvalue weighted by molar-refractivity contribution is -0.149. The topological polar surface area (TPSA) is 37.3 Å². The van der Waals surface area contributed by atoms with Crippen molar-refractivity contribution in [3.63, 3.8) is 0 Å². The summed E-state index contributed by atoms with van der Waals surface area (Å²) in [6.07, 6.45) is 5.68. The Morgan fingerprint density at radius 3 is 1.79 bits per heavy atom. The summed E-state index contributed by atoms with van der Waals surface area (Å²) in [6.45, 7) is 11.3. The first kappa shape index (κ1) is 14.6. The van der Waals surface area contributed by atoms with E-state index in [1.165, 1.54) is 24.0 Å². The maximum absolute atomic E-state index is 11.9. The van der Waals surface area contributed by atoms with E-state index in [0.717, 1.165) is 25.7 Å². The number of aliphatic carboxylic acids is 1. The molecule has 0 unspecified atom stereocenters. The van der Waals surface area contributed by atoms with Crippen molar-refractivity contribution in [1.29, 1.82) is 0 Å². The van der Waals surface area contributed by atoms with Crippen LogP contribution in [0.1, 0.15) is 73.1 Å². The average molecular weight is 264 g/mol. The van der Waals surface area contributed by atoms with E-state index in [1.807, 2.05) is 0 Å². The lowest BCUT2D eigenvalue weighted by atomic mass is 9.64. The number of allylic oxidation sites excluding steroid dienone is 2. The van der Waals surface area contributed by atoms with Crippen molar-refractivity contribution in [3.8, 4) is 0 Å². The van der Waals surface area contributed by atoms with Gasteiger partial charge >= 0.3 is 5.97 Å². The van der Waals surface area contributed by atoms with E-state index >= 15 is 0 Å². The van der Waals surface area contributed by atoms with Crippen LogP contribution in [-0.2, 0) is 4.79 Å². The van der Waals surface area contributed by atoms with Gasteiger partial charge in [-0.15, -0.1) is 0 Å². The SMILES string of the molecule is CCCC1(C(=O)O)CC2=C(C1)C(C)(C)CCC2(C)C. The number of carbonyl (C=O) groups is 1. The number of hydrogen-bond donors (Lipinski definition) is 1. The Labute approximate surface area is 117 Å². The van der Waals surface area contributed by atoms with Gasteiger partial charge in [-0.1, -0.05) is 52.2 Å². The van der Waals surface area contributed by atoms with Crippen molar-refractivity contribution < 1.29 is 9.90 Å². The minimum atomic E-state index is -0.588. The third-order valence-electron chi connectivity index (χ3n) is 5.59. The van der Waals surface area contributed by atoms with Crippen molar-refractivity contribution in [3.05, 3.63) is 11.1 Å². The summed E-state index contributed by atoms with van der Waals surface area (Å²) in [7, 11) is 0. The van der Waals surface area contributed by atoms with E-state index < -0.39 is 11.4 Å². The molecule has 0 aliphatic heterocycles. The van der Waals surface area contributed by atoms with Crippen LogP contribution in [0.25, 0.3) is 0 Å². The van der Waals surface area contributed by atoms with Gasteiger partial charge in [-0.25, -0.2) is 0 Å². The Balaban J connectivity index is 2.43. The van der Waals surface area contributed by atoms with E-state index in [2.05, 4.69) is 34.6 Å². The number of carboxylic acid groups (broad SMARTS) is 1. The molecule has 1 N–H and O–H groups in total. The van der Waals surface area contributed by atoms with Gasteiger partial charge in [0.15, 0.2) is 0 Å². The van der Waals surface area contributed by atoms with Gasteiger partial charge in [-0.05, 0) is 42.9 Å². The van der Waals surface area contributed by atoms with Crippen LogP contribution < -0.4 is 0 Å². The summed E-state index contributed by atoms with van der Waals surface area (Å²) in [5.41, 5.74) is 2.78. The van der Waals surface area contributed by atoms with E-state index in [-0.39, 0.29) is 10.8 Å². The van der Waals surface area contributed by atoms with Gasteiger partial charge in [-0.3, -0.25) is 4.79 Å². The third kappa shape index (κ3) is 2.23. The predicted octanol–water partition coefficient (Wildman–Crippen LogP) is 4.79. The molecule has 0 bridgehead atoms. The normalized spacial score (nSPS) is 27.2. The summed E-state index contributed by atoms with van der Waals surface area (Å²) >= 11 is 0. The summed E-state index contributed by atoms with van der Waals surface area (Å²) < 4.78 is 0. The third-order valence-corrected chi connectivity index (χ3v) is 5.59. The summed E-state index contributed by atoms with van der Waals surface area (Å²) in [5.74, 6) is -0.588. The summed E-state index contributed by atoms with van der Waals surface area (Å²) in [6, 6.07) is 0. The summed E-state index contributed by atoms with van der Waals surface area (Å²) in [4.78, 5) is 11.9. The number of carboxylic acids is 1. The molecule has 0 aromatic rings. The minimum absolute atomic E-state index is 0.190. The molecule has 2 nitrogen and oxygen atoms in total. The van der Waals surface area contributed by atoms with Crippen LogP contribution in [0.3, 0.4) is 0 Å². The fourth-order valence-corrected chi connectivity index (χ4v) is 4.09. The molecule has 0 radical (unpaired) electrons. The van der Waals surface area contributed by atoms with Crippen molar-refractivity contribution >= 4 is 5.97 Å². The van der Waals surface area contributed by atoms with E-state index in [0.29, 0.717) is 0 Å². The molecular weight excluding hydrogens is 236 g/mol. The van der Waals surface area contributed by atoms with Crippen molar-refractivity contribution in [2.45, 2.75) is 73.1 Å². The zero-order valence-electron chi connectivity index (χ0n) is 13.1. The maximum atomic E-state index is 11.9. The molecule has 0 spiro atoms. The highest BCUT2D eigenvalue weighted by atomic mass is 16.4. The average Bonchev–Trinajstić information content (AvgIpc) is 2.69. The predicted molar refractivity (Wildman–Crippen MR) is 78.0 cm³/mol. The second kappa shape index (κ2) is 4.36. The van der Waals surface area contributed by atoms with Gasteiger partial charge in [0.05, 0.1) is 5.41 Å².